The van der Waals surface area contributed by atoms with Crippen molar-refractivity contribution in [2.75, 3.05) is 13.1 Å². The van der Waals surface area contributed by atoms with Gasteiger partial charge in [-0.2, -0.15) is 0 Å². The minimum Gasteiger partial charge on any atom is -0.309 e. The van der Waals surface area contributed by atoms with Crippen LogP contribution in [0.5, 0.6) is 0 Å². The first kappa shape index (κ1) is 21.6. The molecule has 4 heterocycles. The topological polar surface area (TPSA) is 79.7 Å². The van der Waals surface area contributed by atoms with Crippen LogP contribution in [0.2, 0.25) is 5.02 Å². The number of H-pyrrole nitrogens is 1. The van der Waals surface area contributed by atoms with Crippen LogP contribution in [0.3, 0.4) is 0 Å². The van der Waals surface area contributed by atoms with Gasteiger partial charge < -0.3 is 4.98 Å². The van der Waals surface area contributed by atoms with Gasteiger partial charge in [-0.05, 0) is 68.6 Å². The molecule has 1 atom stereocenters. The molecular weight excluding hydrogens is 464 g/mol. The molecule has 0 radical (unpaired) electrons. The highest BCUT2D eigenvalue weighted by molar-refractivity contribution is 7.98. The summed E-state index contributed by atoms with van der Waals surface area (Å²) in [7, 11) is 0. The van der Waals surface area contributed by atoms with Gasteiger partial charge in [0, 0.05) is 10.7 Å². The number of halogens is 1. The molecule has 1 aliphatic heterocycles. The number of likely N-dealkylation sites (tertiary alicyclic amines) is 1. The molecule has 0 aliphatic carbocycles. The van der Waals surface area contributed by atoms with E-state index in [2.05, 4.69) is 36.6 Å². The number of nitrogens with zero attached hydrogens (tertiary/aromatic N) is 5. The van der Waals surface area contributed by atoms with E-state index < -0.39 is 0 Å². The highest BCUT2D eigenvalue weighted by Crippen LogP contribution is 2.31. The Morgan fingerprint density at radius 1 is 1.16 bits per heavy atom. The zero-order chi connectivity index (χ0) is 22.1. The minimum absolute atomic E-state index is 0.0980. The van der Waals surface area contributed by atoms with Gasteiger partial charge in [0.15, 0.2) is 11.0 Å². The number of aromatic nitrogens is 5. The van der Waals surface area contributed by atoms with Gasteiger partial charge in [0.25, 0.3) is 5.56 Å². The SMILES string of the molecule is C[C@@H](c1nnc(SCc2nc3ccsc3c(=O)[nH]2)n1-c1ccc(Cl)cc1)N1CCCCC1. The summed E-state index contributed by atoms with van der Waals surface area (Å²) in [5.41, 5.74) is 1.60. The van der Waals surface area contributed by atoms with Crippen molar-refractivity contribution in [3.05, 3.63) is 62.7 Å². The first-order valence-corrected chi connectivity index (χ1v) is 12.9. The van der Waals surface area contributed by atoms with Gasteiger partial charge in [-0.1, -0.05) is 29.8 Å². The summed E-state index contributed by atoms with van der Waals surface area (Å²) in [6, 6.07) is 9.75. The highest BCUT2D eigenvalue weighted by atomic mass is 35.5. The van der Waals surface area contributed by atoms with Crippen molar-refractivity contribution in [3.8, 4) is 5.69 Å². The van der Waals surface area contributed by atoms with Gasteiger partial charge in [0.05, 0.1) is 17.3 Å². The number of thiophene rings is 1. The highest BCUT2D eigenvalue weighted by Gasteiger charge is 2.25. The molecule has 166 valence electrons. The van der Waals surface area contributed by atoms with Crippen LogP contribution in [0.1, 0.15) is 43.9 Å². The van der Waals surface area contributed by atoms with Crippen LogP contribution < -0.4 is 5.56 Å². The number of piperidine rings is 1. The summed E-state index contributed by atoms with van der Waals surface area (Å²) in [5.74, 6) is 2.03. The molecule has 1 aromatic carbocycles. The maximum absolute atomic E-state index is 12.3. The predicted octanol–water partition coefficient (Wildman–Crippen LogP) is 5.06. The molecule has 32 heavy (non-hydrogen) atoms. The number of fused-ring (bicyclic) bond motifs is 1. The normalized spacial score (nSPS) is 15.9. The third kappa shape index (κ3) is 4.34. The number of nitrogens with one attached hydrogen (secondary N) is 1. The first-order valence-electron chi connectivity index (χ1n) is 10.6. The molecule has 7 nitrogen and oxygen atoms in total. The molecule has 0 unspecified atom stereocenters. The molecule has 0 saturated carbocycles. The van der Waals surface area contributed by atoms with Crippen LogP contribution >= 0.6 is 34.7 Å². The van der Waals surface area contributed by atoms with Crippen LogP contribution in [0.15, 0.2) is 45.7 Å². The smallest absolute Gasteiger partial charge is 0.268 e. The molecule has 4 aromatic rings. The van der Waals surface area contributed by atoms with Crippen molar-refractivity contribution in [2.24, 2.45) is 0 Å². The molecule has 1 N–H and O–H groups in total. The molecule has 0 spiro atoms. The molecule has 0 bridgehead atoms. The average molecular weight is 487 g/mol. The maximum atomic E-state index is 12.3. The fourth-order valence-corrected chi connectivity index (χ4v) is 5.75. The van der Waals surface area contributed by atoms with Gasteiger partial charge in [-0.3, -0.25) is 14.3 Å². The molecular formula is C22H23ClN6OS2. The predicted molar refractivity (Wildman–Crippen MR) is 130 cm³/mol. The lowest BCUT2D eigenvalue weighted by Crippen LogP contribution is -2.33. The third-order valence-corrected chi connectivity index (χ3v) is 7.85. The zero-order valence-corrected chi connectivity index (χ0v) is 20.0. The second-order valence-corrected chi connectivity index (χ2v) is 10.2. The van der Waals surface area contributed by atoms with Gasteiger partial charge >= 0.3 is 0 Å². The Bertz CT molecular complexity index is 1280. The number of thioether (sulfide) groups is 1. The zero-order valence-electron chi connectivity index (χ0n) is 17.6. The quantitative estimate of drug-likeness (QED) is 0.384. The second kappa shape index (κ2) is 9.35. The first-order chi connectivity index (χ1) is 15.6. The summed E-state index contributed by atoms with van der Waals surface area (Å²) in [5, 5.41) is 12.4. The summed E-state index contributed by atoms with van der Waals surface area (Å²) < 4.78 is 2.75. The van der Waals surface area contributed by atoms with Crippen molar-refractivity contribution >= 4 is 44.9 Å². The van der Waals surface area contributed by atoms with E-state index in [0.29, 0.717) is 21.3 Å². The molecule has 0 amide bonds. The molecule has 5 rings (SSSR count). The largest absolute Gasteiger partial charge is 0.309 e. The van der Waals surface area contributed by atoms with E-state index >= 15 is 0 Å². The Kier molecular flexibility index (Phi) is 6.32. The van der Waals surface area contributed by atoms with Gasteiger partial charge in [-0.15, -0.1) is 21.5 Å². The Balaban J connectivity index is 1.47. The van der Waals surface area contributed by atoms with Gasteiger partial charge in [0.2, 0.25) is 0 Å². The lowest BCUT2D eigenvalue weighted by molar-refractivity contribution is 0.167. The Labute approximate surface area is 198 Å². The number of hydrogen-bond acceptors (Lipinski definition) is 7. The molecule has 1 saturated heterocycles. The van der Waals surface area contributed by atoms with Crippen molar-refractivity contribution in [1.82, 2.24) is 29.6 Å². The van der Waals surface area contributed by atoms with E-state index in [1.165, 1.54) is 42.4 Å². The van der Waals surface area contributed by atoms with E-state index in [9.17, 15) is 4.79 Å². The Morgan fingerprint density at radius 2 is 1.94 bits per heavy atom. The van der Waals surface area contributed by atoms with Crippen LogP contribution in [0.25, 0.3) is 15.9 Å². The van der Waals surface area contributed by atoms with Gasteiger partial charge in [-0.25, -0.2) is 4.98 Å². The summed E-state index contributed by atoms with van der Waals surface area (Å²) in [4.78, 5) is 22.3. The second-order valence-electron chi connectivity index (χ2n) is 7.86. The maximum Gasteiger partial charge on any atom is 0.268 e. The van der Waals surface area contributed by atoms with Gasteiger partial charge in [0.1, 0.15) is 10.5 Å². The fraction of sp³-hybridized carbons (Fsp3) is 0.364. The van der Waals surface area contributed by atoms with E-state index in [4.69, 9.17) is 11.6 Å². The summed E-state index contributed by atoms with van der Waals surface area (Å²) in [6.45, 7) is 4.34. The Hall–Kier alpha value is -2.20. The van der Waals surface area contributed by atoms with Crippen molar-refractivity contribution < 1.29 is 0 Å². The lowest BCUT2D eigenvalue weighted by atomic mass is 10.1. The number of aromatic amines is 1. The molecule has 10 heteroatoms. The van der Waals surface area contributed by atoms with Crippen molar-refractivity contribution in [2.45, 2.75) is 43.1 Å². The van der Waals surface area contributed by atoms with Crippen molar-refractivity contribution in [1.29, 1.82) is 0 Å². The van der Waals surface area contributed by atoms with E-state index in [1.54, 1.807) is 0 Å². The summed E-state index contributed by atoms with van der Waals surface area (Å²) >= 11 is 9.05. The molecule has 1 fully saturated rings. The minimum atomic E-state index is -0.0980. The van der Waals surface area contributed by atoms with E-state index in [1.807, 2.05) is 35.7 Å². The number of benzene rings is 1. The molecule has 3 aromatic heterocycles. The summed E-state index contributed by atoms with van der Waals surface area (Å²) in [6.07, 6.45) is 3.71. The fourth-order valence-electron chi connectivity index (χ4n) is 4.07. The van der Waals surface area contributed by atoms with Crippen molar-refractivity contribution in [3.63, 3.8) is 0 Å². The standard InChI is InChI=1S/C22H23ClN6OS2/c1-14(28-10-3-2-4-11-28)20-26-27-22(29(20)16-7-5-15(23)6-8-16)32-13-18-24-17-9-12-31-19(17)21(30)25-18/h5-9,12,14H,2-4,10-11,13H2,1H3,(H,24,25,30)/t14-/m0/s1. The number of hydrogen-bond donors (Lipinski definition) is 1. The van der Waals surface area contributed by atoms with Crippen LogP contribution in [0.4, 0.5) is 0 Å². The van der Waals surface area contributed by atoms with Crippen LogP contribution in [0, 0.1) is 0 Å². The number of rotatable bonds is 6. The third-order valence-electron chi connectivity index (χ3n) is 5.76. The molecule has 1 aliphatic rings. The van der Waals surface area contributed by atoms with Crippen LogP contribution in [-0.2, 0) is 5.75 Å². The average Bonchev–Trinajstić information content (AvgIpc) is 3.46. The lowest BCUT2D eigenvalue weighted by Gasteiger charge is -2.31. The Morgan fingerprint density at radius 3 is 2.72 bits per heavy atom. The monoisotopic (exact) mass is 486 g/mol. The van der Waals surface area contributed by atoms with E-state index in [0.717, 1.165) is 35.3 Å². The van der Waals surface area contributed by atoms with Crippen LogP contribution in [-0.4, -0.2) is 42.7 Å². The van der Waals surface area contributed by atoms with E-state index in [-0.39, 0.29) is 11.6 Å².